The summed E-state index contributed by atoms with van der Waals surface area (Å²) >= 11 is 0. The van der Waals surface area contributed by atoms with Crippen LogP contribution in [-0.4, -0.2) is 31.3 Å². The number of aromatic nitrogens is 4. The standard InChI is InChI=1S/C23H19F3N7O/c1-3-19(18-10-33(31-18)13-4-5-15(24)16(25)7-13)32-9-14(20-21(27)29-11-30-22(20)32)12-6-17(26)23(34-2)28-8-12/h4-11,19H,3H2,1-2H3,(H2,27,29,30)/q+1. The summed E-state index contributed by atoms with van der Waals surface area (Å²) < 4.78 is 49.5. The molecule has 0 bridgehead atoms. The smallest absolute Gasteiger partial charge is 0.250 e. The maximum atomic E-state index is 14.4. The first-order valence-electron chi connectivity index (χ1n) is 10.4. The van der Waals surface area contributed by atoms with Crippen molar-refractivity contribution in [1.82, 2.24) is 19.5 Å². The number of methoxy groups -OCH3 is 1. The number of nitrogen functional groups attached to an aromatic ring is 1. The summed E-state index contributed by atoms with van der Waals surface area (Å²) in [6, 6.07) is 4.64. The summed E-state index contributed by atoms with van der Waals surface area (Å²) in [6.07, 6.45) is 7.04. The number of fused-ring (bicyclic) bond motifs is 1. The van der Waals surface area contributed by atoms with Crippen molar-refractivity contribution >= 4 is 22.5 Å². The first-order valence-corrected chi connectivity index (χ1v) is 10.4. The number of ether oxygens (including phenoxy) is 1. The molecule has 5 rings (SSSR count). The molecule has 0 aliphatic carbocycles. The van der Waals surface area contributed by atoms with Crippen molar-refractivity contribution in [3.05, 3.63) is 72.3 Å². The lowest BCUT2D eigenvalue weighted by molar-refractivity contribution is -0.462. The molecule has 2 N–H and O–H groups in total. The third kappa shape index (κ3) is 3.45. The maximum Gasteiger partial charge on any atom is 0.250 e. The summed E-state index contributed by atoms with van der Waals surface area (Å²) in [6.45, 7) is 1.98. The van der Waals surface area contributed by atoms with Gasteiger partial charge in [0.05, 0.1) is 24.6 Å². The molecule has 11 heteroatoms. The highest BCUT2D eigenvalue weighted by Gasteiger charge is 2.32. The Labute approximate surface area is 191 Å². The quantitative estimate of drug-likeness (QED) is 0.399. The fraction of sp³-hybridized carbons (Fsp3) is 0.174. The van der Waals surface area contributed by atoms with E-state index in [4.69, 9.17) is 10.5 Å². The second-order valence-corrected chi connectivity index (χ2v) is 7.64. The van der Waals surface area contributed by atoms with E-state index in [1.54, 1.807) is 6.20 Å². The topological polar surface area (TPSA) is 94.2 Å². The molecule has 4 aromatic rings. The molecule has 0 saturated carbocycles. The zero-order chi connectivity index (χ0) is 24.0. The molecule has 1 aliphatic rings. The van der Waals surface area contributed by atoms with Crippen LogP contribution >= 0.6 is 0 Å². The average molecular weight is 466 g/mol. The van der Waals surface area contributed by atoms with Gasteiger partial charge in [0, 0.05) is 34.7 Å². The number of nitrogens with zero attached hydrogens (tertiary/aromatic N) is 6. The number of anilines is 1. The Hall–Kier alpha value is -4.28. The molecule has 0 spiro atoms. The van der Waals surface area contributed by atoms with Gasteiger partial charge in [-0.15, -0.1) is 0 Å². The van der Waals surface area contributed by atoms with E-state index in [2.05, 4.69) is 20.1 Å². The van der Waals surface area contributed by atoms with Crippen molar-refractivity contribution < 1.29 is 22.6 Å². The van der Waals surface area contributed by atoms with E-state index in [0.717, 1.165) is 12.1 Å². The molecule has 34 heavy (non-hydrogen) atoms. The van der Waals surface area contributed by atoms with Crippen LogP contribution in [0.5, 0.6) is 5.88 Å². The Bertz CT molecular complexity index is 1500. The number of hydrogen-bond acceptors (Lipinski definition) is 6. The number of hydrogen-bond donors (Lipinski definition) is 1. The van der Waals surface area contributed by atoms with E-state index < -0.39 is 17.5 Å². The van der Waals surface area contributed by atoms with E-state index in [9.17, 15) is 13.2 Å². The van der Waals surface area contributed by atoms with Crippen molar-refractivity contribution in [2.75, 3.05) is 12.8 Å². The summed E-state index contributed by atoms with van der Waals surface area (Å²) in [5, 5.41) is 5.04. The van der Waals surface area contributed by atoms with Crippen molar-refractivity contribution in [2.24, 2.45) is 5.11 Å². The minimum Gasteiger partial charge on any atom is -0.479 e. The molecule has 8 nitrogen and oxygen atoms in total. The van der Waals surface area contributed by atoms with Crippen LogP contribution in [0, 0.1) is 17.5 Å². The zero-order valence-electron chi connectivity index (χ0n) is 18.2. The van der Waals surface area contributed by atoms with Crippen molar-refractivity contribution in [2.45, 2.75) is 19.4 Å². The predicted molar refractivity (Wildman–Crippen MR) is 118 cm³/mol. The van der Waals surface area contributed by atoms with Gasteiger partial charge in [0.15, 0.2) is 23.1 Å². The summed E-state index contributed by atoms with van der Waals surface area (Å²) in [5.74, 6) is -2.35. The number of pyridine rings is 1. The number of rotatable bonds is 6. The molecular formula is C23H19F3N7O+. The molecule has 1 aliphatic heterocycles. The average Bonchev–Trinajstić information content (AvgIpc) is 3.18. The molecule has 1 atom stereocenters. The highest BCUT2D eigenvalue weighted by Crippen LogP contribution is 2.39. The highest BCUT2D eigenvalue weighted by atomic mass is 19.2. The van der Waals surface area contributed by atoms with E-state index in [1.807, 2.05) is 17.7 Å². The van der Waals surface area contributed by atoms with Crippen molar-refractivity contribution in [1.29, 1.82) is 0 Å². The third-order valence-electron chi connectivity index (χ3n) is 5.66. The lowest BCUT2D eigenvalue weighted by Crippen LogP contribution is -2.17. The first kappa shape index (κ1) is 21.6. The number of nitrogens with two attached hydrogens (primary N) is 1. The van der Waals surface area contributed by atoms with Gasteiger partial charge in [-0.3, -0.25) is 0 Å². The van der Waals surface area contributed by atoms with Crippen molar-refractivity contribution in [3.63, 3.8) is 0 Å². The molecule has 172 valence electrons. The zero-order valence-corrected chi connectivity index (χ0v) is 18.2. The molecular weight excluding hydrogens is 447 g/mol. The minimum atomic E-state index is -0.949. The molecule has 0 fully saturated rings. The van der Waals surface area contributed by atoms with Gasteiger partial charge < -0.3 is 15.0 Å². The monoisotopic (exact) mass is 466 g/mol. The van der Waals surface area contributed by atoms with Gasteiger partial charge in [-0.05, 0) is 23.3 Å². The van der Waals surface area contributed by atoms with Crippen molar-refractivity contribution in [3.8, 4) is 17.0 Å². The van der Waals surface area contributed by atoms with Gasteiger partial charge >= 0.3 is 0 Å². The largest absolute Gasteiger partial charge is 0.479 e. The van der Waals surface area contributed by atoms with Gasteiger partial charge in [-0.25, -0.2) is 28.1 Å². The van der Waals surface area contributed by atoms with E-state index in [1.165, 1.54) is 36.5 Å². The number of allylic oxidation sites excluding steroid dienone is 1. The van der Waals surface area contributed by atoms with Gasteiger partial charge in [0.2, 0.25) is 17.8 Å². The highest BCUT2D eigenvalue weighted by molar-refractivity contribution is 6.00. The van der Waals surface area contributed by atoms with E-state index >= 15 is 0 Å². The van der Waals surface area contributed by atoms with Gasteiger partial charge in [-0.2, -0.15) is 0 Å². The van der Waals surface area contributed by atoms with E-state index in [-0.39, 0.29) is 17.7 Å². The minimum absolute atomic E-state index is 0.112. The maximum absolute atomic E-state index is 14.4. The predicted octanol–water partition coefficient (Wildman–Crippen LogP) is 5.10. The lowest BCUT2D eigenvalue weighted by Gasteiger charge is -2.18. The van der Waals surface area contributed by atoms with Crippen LogP contribution < -0.4 is 10.5 Å². The Balaban J connectivity index is 1.56. The lowest BCUT2D eigenvalue weighted by atomic mass is 10.1. The van der Waals surface area contributed by atoms with Crippen LogP contribution in [0.1, 0.15) is 19.4 Å². The van der Waals surface area contributed by atoms with Gasteiger partial charge in [0.25, 0.3) is 0 Å². The molecule has 4 heterocycles. The number of halogens is 3. The summed E-state index contributed by atoms with van der Waals surface area (Å²) in [7, 11) is 1.34. The van der Waals surface area contributed by atoms with Crippen LogP contribution in [0.15, 0.2) is 60.0 Å². The molecule has 1 unspecified atom stereocenters. The fourth-order valence-corrected chi connectivity index (χ4v) is 4.00. The SMILES string of the molecule is CCC(C1=C[N+](c2ccc(F)c(F)c2)=N1)n1cc(-c2cnc(OC)c(F)c2)c2c(N)ncnc21. The normalized spacial score (nSPS) is 13.9. The number of azo groups is 2. The molecule has 0 radical (unpaired) electrons. The van der Waals surface area contributed by atoms with E-state index in [0.29, 0.717) is 40.0 Å². The van der Waals surface area contributed by atoms with Crippen LogP contribution in [0.3, 0.4) is 0 Å². The van der Waals surface area contributed by atoms with Crippen LogP contribution in [0.25, 0.3) is 22.2 Å². The molecule has 0 saturated heterocycles. The van der Waals surface area contributed by atoms with Gasteiger partial charge in [0.1, 0.15) is 17.8 Å². The Morgan fingerprint density at radius 2 is 1.88 bits per heavy atom. The van der Waals surface area contributed by atoms with Crippen LogP contribution in [0.2, 0.25) is 0 Å². The second kappa shape index (κ2) is 8.25. The second-order valence-electron chi connectivity index (χ2n) is 7.64. The van der Waals surface area contributed by atoms with Crippen LogP contribution in [-0.2, 0) is 0 Å². The summed E-state index contributed by atoms with van der Waals surface area (Å²) in [4.78, 5) is 12.5. The first-order chi connectivity index (χ1) is 16.4. The molecule has 3 aromatic heterocycles. The van der Waals surface area contributed by atoms with Gasteiger partial charge in [-0.1, -0.05) is 6.92 Å². The molecule has 1 aromatic carbocycles. The Morgan fingerprint density at radius 3 is 2.56 bits per heavy atom. The molecule has 0 amide bonds. The summed E-state index contributed by atoms with van der Waals surface area (Å²) in [5.41, 5.74) is 8.93. The Morgan fingerprint density at radius 1 is 1.09 bits per heavy atom. The third-order valence-corrected chi connectivity index (χ3v) is 5.66. The Kier molecular flexibility index (Phi) is 5.23. The fourth-order valence-electron chi connectivity index (χ4n) is 4.00. The number of benzene rings is 1. The van der Waals surface area contributed by atoms with Crippen LogP contribution in [0.4, 0.5) is 24.7 Å².